The summed E-state index contributed by atoms with van der Waals surface area (Å²) >= 11 is 0. The van der Waals surface area contributed by atoms with Gasteiger partial charge in [-0.25, -0.2) is 9.78 Å². The zero-order chi connectivity index (χ0) is 9.26. The summed E-state index contributed by atoms with van der Waals surface area (Å²) in [6, 6.07) is 3.67. The van der Waals surface area contributed by atoms with Gasteiger partial charge in [0.25, 0.3) is 0 Å². The van der Waals surface area contributed by atoms with Crippen LogP contribution in [0.1, 0.15) is 13.3 Å². The first-order valence-corrected chi connectivity index (χ1v) is 4.36. The minimum atomic E-state index is -0.0736. The van der Waals surface area contributed by atoms with Crippen molar-refractivity contribution >= 4 is 11.2 Å². The van der Waals surface area contributed by atoms with Crippen LogP contribution in [0.15, 0.2) is 23.1 Å². The number of aryl methyl sites for hydroxylation is 1. The van der Waals surface area contributed by atoms with Crippen molar-refractivity contribution < 1.29 is 0 Å². The molecule has 4 nitrogen and oxygen atoms in total. The van der Waals surface area contributed by atoms with Crippen molar-refractivity contribution in [2.75, 3.05) is 0 Å². The Balaban J connectivity index is 2.71. The third-order valence-corrected chi connectivity index (χ3v) is 1.98. The number of imidazole rings is 1. The molecule has 0 aliphatic carbocycles. The highest BCUT2D eigenvalue weighted by atomic mass is 16.1. The van der Waals surface area contributed by atoms with Crippen LogP contribution in [0.25, 0.3) is 11.2 Å². The van der Waals surface area contributed by atoms with Crippen LogP contribution in [-0.2, 0) is 6.54 Å². The molecule has 0 saturated carbocycles. The predicted molar refractivity (Wildman–Crippen MR) is 50.6 cm³/mol. The van der Waals surface area contributed by atoms with Crippen LogP contribution in [0.3, 0.4) is 0 Å². The Labute approximate surface area is 75.2 Å². The van der Waals surface area contributed by atoms with E-state index in [1.807, 2.05) is 19.1 Å². The molecule has 0 unspecified atom stereocenters. The Kier molecular flexibility index (Phi) is 1.88. The number of H-pyrrole nitrogens is 1. The second kappa shape index (κ2) is 3.05. The Morgan fingerprint density at radius 1 is 1.62 bits per heavy atom. The zero-order valence-electron chi connectivity index (χ0n) is 7.45. The molecule has 0 aliphatic heterocycles. The Morgan fingerprint density at radius 3 is 3.23 bits per heavy atom. The molecule has 2 aromatic heterocycles. The van der Waals surface area contributed by atoms with Crippen LogP contribution >= 0.6 is 0 Å². The lowest BCUT2D eigenvalue weighted by atomic mass is 10.4. The summed E-state index contributed by atoms with van der Waals surface area (Å²) < 4.78 is 1.66. The third kappa shape index (κ3) is 1.24. The minimum Gasteiger partial charge on any atom is -0.304 e. The summed E-state index contributed by atoms with van der Waals surface area (Å²) in [4.78, 5) is 18.3. The van der Waals surface area contributed by atoms with Crippen LogP contribution in [0.2, 0.25) is 0 Å². The van der Waals surface area contributed by atoms with E-state index in [-0.39, 0.29) is 5.69 Å². The molecule has 0 fully saturated rings. The lowest BCUT2D eigenvalue weighted by Gasteiger charge is -1.97. The molecule has 1 N–H and O–H groups in total. The predicted octanol–water partition coefficient (Wildman–Crippen LogP) is 1.13. The second-order valence-corrected chi connectivity index (χ2v) is 2.96. The maximum absolute atomic E-state index is 11.4. The molecule has 0 atom stereocenters. The number of aromatic amines is 1. The molecule has 0 saturated heterocycles. The number of rotatable bonds is 2. The summed E-state index contributed by atoms with van der Waals surface area (Å²) in [5.41, 5.74) is 1.48. The Morgan fingerprint density at radius 2 is 2.46 bits per heavy atom. The van der Waals surface area contributed by atoms with Crippen molar-refractivity contribution in [1.82, 2.24) is 14.5 Å². The first kappa shape index (κ1) is 8.04. The maximum Gasteiger partial charge on any atom is 0.327 e. The Bertz CT molecular complexity index is 469. The molecular weight excluding hydrogens is 166 g/mol. The van der Waals surface area contributed by atoms with E-state index in [2.05, 4.69) is 9.97 Å². The second-order valence-electron chi connectivity index (χ2n) is 2.96. The molecule has 2 rings (SSSR count). The number of hydrogen-bond donors (Lipinski definition) is 1. The zero-order valence-corrected chi connectivity index (χ0v) is 7.45. The molecule has 0 aromatic carbocycles. The summed E-state index contributed by atoms with van der Waals surface area (Å²) in [5.74, 6) is 0. The van der Waals surface area contributed by atoms with Gasteiger partial charge in [0, 0.05) is 12.7 Å². The first-order valence-electron chi connectivity index (χ1n) is 4.36. The lowest BCUT2D eigenvalue weighted by molar-refractivity contribution is 0.669. The number of nitrogens with zero attached hydrogens (tertiary/aromatic N) is 2. The molecule has 0 aliphatic rings. The van der Waals surface area contributed by atoms with Crippen molar-refractivity contribution in [3.05, 3.63) is 28.8 Å². The molecular formula is C9H11N3O. The SMILES string of the molecule is CCCn1c(=O)[nH]c2cccnc21. The van der Waals surface area contributed by atoms with E-state index >= 15 is 0 Å². The van der Waals surface area contributed by atoms with E-state index in [0.717, 1.165) is 24.1 Å². The van der Waals surface area contributed by atoms with Gasteiger partial charge in [-0.2, -0.15) is 0 Å². The van der Waals surface area contributed by atoms with Crippen molar-refractivity contribution in [2.45, 2.75) is 19.9 Å². The van der Waals surface area contributed by atoms with Crippen molar-refractivity contribution in [2.24, 2.45) is 0 Å². The number of hydrogen-bond acceptors (Lipinski definition) is 2. The Hall–Kier alpha value is -1.58. The minimum absolute atomic E-state index is 0.0736. The van der Waals surface area contributed by atoms with Gasteiger partial charge in [-0.05, 0) is 18.6 Å². The number of aromatic nitrogens is 3. The van der Waals surface area contributed by atoms with Crippen molar-refractivity contribution in [3.63, 3.8) is 0 Å². The third-order valence-electron chi connectivity index (χ3n) is 1.98. The summed E-state index contributed by atoms with van der Waals surface area (Å²) in [5, 5.41) is 0. The highest BCUT2D eigenvalue weighted by molar-refractivity contribution is 5.69. The molecule has 4 heteroatoms. The fraction of sp³-hybridized carbons (Fsp3) is 0.333. The average molecular weight is 177 g/mol. The van der Waals surface area contributed by atoms with Gasteiger partial charge in [0.1, 0.15) is 0 Å². The standard InChI is InChI=1S/C9H11N3O/c1-2-6-12-8-7(11-9(12)13)4-3-5-10-8/h3-5H,2,6H2,1H3,(H,11,13). The molecule has 0 amide bonds. The largest absolute Gasteiger partial charge is 0.327 e. The molecule has 2 aromatic rings. The van der Waals surface area contributed by atoms with E-state index in [0.29, 0.717) is 0 Å². The van der Waals surface area contributed by atoms with Crippen LogP contribution in [0.4, 0.5) is 0 Å². The summed E-state index contributed by atoms with van der Waals surface area (Å²) in [6.45, 7) is 2.75. The lowest BCUT2D eigenvalue weighted by Crippen LogP contribution is -2.16. The van der Waals surface area contributed by atoms with Gasteiger partial charge in [-0.3, -0.25) is 4.57 Å². The van der Waals surface area contributed by atoms with Gasteiger partial charge in [-0.1, -0.05) is 6.92 Å². The topological polar surface area (TPSA) is 50.7 Å². The summed E-state index contributed by atoms with van der Waals surface area (Å²) in [7, 11) is 0. The van der Waals surface area contributed by atoms with Crippen molar-refractivity contribution in [1.29, 1.82) is 0 Å². The highest BCUT2D eigenvalue weighted by Crippen LogP contribution is 2.05. The van der Waals surface area contributed by atoms with Gasteiger partial charge in [-0.15, -0.1) is 0 Å². The quantitative estimate of drug-likeness (QED) is 0.747. The molecule has 2 heterocycles. The van der Waals surface area contributed by atoms with Crippen molar-refractivity contribution in [3.8, 4) is 0 Å². The van der Waals surface area contributed by atoms with Crippen LogP contribution in [-0.4, -0.2) is 14.5 Å². The summed E-state index contributed by atoms with van der Waals surface area (Å²) in [6.07, 6.45) is 2.63. The molecule has 68 valence electrons. The number of nitrogens with one attached hydrogen (secondary N) is 1. The number of pyridine rings is 1. The van der Waals surface area contributed by atoms with E-state index in [9.17, 15) is 4.79 Å². The smallest absolute Gasteiger partial charge is 0.304 e. The molecule has 0 spiro atoms. The van der Waals surface area contributed by atoms with Gasteiger partial charge >= 0.3 is 5.69 Å². The fourth-order valence-electron chi connectivity index (χ4n) is 1.42. The van der Waals surface area contributed by atoms with Gasteiger partial charge < -0.3 is 4.98 Å². The first-order chi connectivity index (χ1) is 6.33. The van der Waals surface area contributed by atoms with Gasteiger partial charge in [0.15, 0.2) is 5.65 Å². The van der Waals surface area contributed by atoms with Crippen LogP contribution in [0, 0.1) is 0 Å². The maximum atomic E-state index is 11.4. The van der Waals surface area contributed by atoms with Crippen LogP contribution in [0.5, 0.6) is 0 Å². The van der Waals surface area contributed by atoms with Gasteiger partial charge in [0.05, 0.1) is 5.52 Å². The highest BCUT2D eigenvalue weighted by Gasteiger charge is 2.04. The van der Waals surface area contributed by atoms with E-state index in [1.165, 1.54) is 0 Å². The van der Waals surface area contributed by atoms with E-state index < -0.39 is 0 Å². The normalized spacial score (nSPS) is 10.8. The van der Waals surface area contributed by atoms with Crippen LogP contribution < -0.4 is 5.69 Å². The fourth-order valence-corrected chi connectivity index (χ4v) is 1.42. The van der Waals surface area contributed by atoms with E-state index in [1.54, 1.807) is 10.8 Å². The molecule has 0 bridgehead atoms. The number of fused-ring (bicyclic) bond motifs is 1. The van der Waals surface area contributed by atoms with E-state index in [4.69, 9.17) is 0 Å². The van der Waals surface area contributed by atoms with Gasteiger partial charge in [0.2, 0.25) is 0 Å². The monoisotopic (exact) mass is 177 g/mol. The molecule has 0 radical (unpaired) electrons. The molecule has 13 heavy (non-hydrogen) atoms. The average Bonchev–Trinajstić information content (AvgIpc) is 2.44.